The van der Waals surface area contributed by atoms with Crippen molar-refractivity contribution >= 4 is 5.91 Å². The lowest BCUT2D eigenvalue weighted by atomic mass is 9.48. The maximum atomic E-state index is 13.5. The van der Waals surface area contributed by atoms with Gasteiger partial charge < -0.3 is 5.32 Å². The number of carbonyl (C=O) groups is 1. The highest BCUT2D eigenvalue weighted by Crippen LogP contribution is 2.61. The van der Waals surface area contributed by atoms with Crippen LogP contribution in [0.3, 0.4) is 0 Å². The lowest BCUT2D eigenvalue weighted by Crippen LogP contribution is -2.55. The molecule has 1 amide bonds. The lowest BCUT2D eigenvalue weighted by molar-refractivity contribution is -0.0688. The molecule has 23 heavy (non-hydrogen) atoms. The molecule has 2 nitrogen and oxygen atoms in total. The van der Waals surface area contributed by atoms with Gasteiger partial charge in [-0.15, -0.1) is 0 Å². The van der Waals surface area contributed by atoms with E-state index in [1.807, 2.05) is 6.92 Å². The van der Waals surface area contributed by atoms with Crippen molar-refractivity contribution in [3.63, 3.8) is 0 Å². The quantitative estimate of drug-likeness (QED) is 0.876. The standard InChI is InChI=1S/C20H26FNO/c1-12-3-4-17(21)8-18(12)19(23)22-13(2)20-9-14-5-15(10-20)7-16(6-14)11-20/h3-4,8,13-16H,5-7,9-11H2,1-2H3,(H,22,23). The maximum absolute atomic E-state index is 13.5. The number of carbonyl (C=O) groups excluding carboxylic acids is 1. The van der Waals surface area contributed by atoms with Crippen molar-refractivity contribution in [2.45, 2.75) is 58.4 Å². The predicted octanol–water partition coefficient (Wildman–Crippen LogP) is 4.47. The van der Waals surface area contributed by atoms with Crippen molar-refractivity contribution in [2.75, 3.05) is 0 Å². The van der Waals surface area contributed by atoms with Gasteiger partial charge in [0.1, 0.15) is 5.82 Å². The number of benzene rings is 1. The highest BCUT2D eigenvalue weighted by Gasteiger charge is 2.53. The first-order valence-corrected chi connectivity index (χ1v) is 9.02. The summed E-state index contributed by atoms with van der Waals surface area (Å²) in [6.45, 7) is 4.03. The maximum Gasteiger partial charge on any atom is 0.251 e. The van der Waals surface area contributed by atoms with E-state index in [-0.39, 0.29) is 23.2 Å². The Bertz CT molecular complexity index is 603. The zero-order valence-corrected chi connectivity index (χ0v) is 14.1. The summed E-state index contributed by atoms with van der Waals surface area (Å²) in [4.78, 5) is 12.6. The molecule has 1 aromatic rings. The molecule has 4 aliphatic rings. The van der Waals surface area contributed by atoms with Crippen molar-refractivity contribution in [3.8, 4) is 0 Å². The van der Waals surface area contributed by atoms with Gasteiger partial charge in [0.05, 0.1) is 0 Å². The largest absolute Gasteiger partial charge is 0.349 e. The lowest BCUT2D eigenvalue weighted by Gasteiger charge is -2.59. The van der Waals surface area contributed by atoms with Crippen LogP contribution in [0.1, 0.15) is 61.4 Å². The van der Waals surface area contributed by atoms with E-state index in [2.05, 4.69) is 12.2 Å². The molecule has 1 aromatic carbocycles. The summed E-state index contributed by atoms with van der Waals surface area (Å²) in [6.07, 6.45) is 8.02. The Morgan fingerprint density at radius 1 is 1.17 bits per heavy atom. The van der Waals surface area contributed by atoms with Crippen LogP contribution in [0.4, 0.5) is 4.39 Å². The van der Waals surface area contributed by atoms with Crippen molar-refractivity contribution < 1.29 is 9.18 Å². The minimum absolute atomic E-state index is 0.120. The van der Waals surface area contributed by atoms with Crippen LogP contribution in [0, 0.1) is 35.9 Å². The summed E-state index contributed by atoms with van der Waals surface area (Å²) < 4.78 is 13.5. The first-order chi connectivity index (χ1) is 10.9. The van der Waals surface area contributed by atoms with Crippen molar-refractivity contribution in [1.82, 2.24) is 5.32 Å². The second-order valence-electron chi connectivity index (χ2n) is 8.43. The molecule has 5 rings (SSSR count). The summed E-state index contributed by atoms with van der Waals surface area (Å²) in [6, 6.07) is 4.62. The number of nitrogens with one attached hydrogen (secondary N) is 1. The Hall–Kier alpha value is -1.38. The minimum Gasteiger partial charge on any atom is -0.349 e. The third kappa shape index (κ3) is 2.58. The van der Waals surface area contributed by atoms with Crippen molar-refractivity contribution in [2.24, 2.45) is 23.2 Å². The molecule has 4 bridgehead atoms. The van der Waals surface area contributed by atoms with E-state index in [1.54, 1.807) is 6.07 Å². The molecule has 1 N–H and O–H groups in total. The van der Waals surface area contributed by atoms with E-state index in [0.717, 1.165) is 23.3 Å². The summed E-state index contributed by atoms with van der Waals surface area (Å²) >= 11 is 0. The van der Waals surface area contributed by atoms with E-state index in [1.165, 1.54) is 50.7 Å². The normalized spacial score (nSPS) is 36.0. The Morgan fingerprint density at radius 2 is 1.74 bits per heavy atom. The van der Waals surface area contributed by atoms with Crippen LogP contribution in [0.25, 0.3) is 0 Å². The van der Waals surface area contributed by atoms with Crippen LogP contribution in [-0.2, 0) is 0 Å². The topological polar surface area (TPSA) is 29.1 Å². The fourth-order valence-electron chi connectivity index (χ4n) is 5.97. The summed E-state index contributed by atoms with van der Waals surface area (Å²) in [5.74, 6) is 2.15. The zero-order valence-electron chi connectivity index (χ0n) is 14.1. The van der Waals surface area contributed by atoms with Gasteiger partial charge in [0.2, 0.25) is 0 Å². The molecule has 0 radical (unpaired) electrons. The molecule has 1 atom stereocenters. The SMILES string of the molecule is Cc1ccc(F)cc1C(=O)NC(C)C12CC3CC(CC(C3)C1)C2. The number of hydrogen-bond donors (Lipinski definition) is 1. The van der Waals surface area contributed by atoms with Crippen LogP contribution in [-0.4, -0.2) is 11.9 Å². The van der Waals surface area contributed by atoms with E-state index < -0.39 is 0 Å². The highest BCUT2D eigenvalue weighted by atomic mass is 19.1. The Balaban J connectivity index is 1.52. The molecule has 3 heteroatoms. The predicted molar refractivity (Wildman–Crippen MR) is 88.7 cm³/mol. The third-order valence-electron chi connectivity index (χ3n) is 6.80. The first kappa shape index (κ1) is 15.2. The Labute approximate surface area is 137 Å². The third-order valence-corrected chi connectivity index (χ3v) is 6.80. The van der Waals surface area contributed by atoms with E-state index >= 15 is 0 Å². The molecule has 0 saturated heterocycles. The molecule has 4 fully saturated rings. The number of amides is 1. The molecular formula is C20H26FNO. The fraction of sp³-hybridized carbons (Fsp3) is 0.650. The zero-order chi connectivity index (χ0) is 16.2. The Kier molecular flexibility index (Phi) is 3.51. The van der Waals surface area contributed by atoms with Gasteiger partial charge in [-0.1, -0.05) is 6.07 Å². The second-order valence-corrected chi connectivity index (χ2v) is 8.43. The molecule has 0 heterocycles. The fourth-order valence-corrected chi connectivity index (χ4v) is 5.97. The van der Waals surface area contributed by atoms with Gasteiger partial charge in [-0.05, 0) is 93.2 Å². The highest BCUT2D eigenvalue weighted by molar-refractivity contribution is 5.95. The van der Waals surface area contributed by atoms with Crippen LogP contribution < -0.4 is 5.32 Å². The van der Waals surface area contributed by atoms with Gasteiger partial charge in [-0.3, -0.25) is 4.79 Å². The van der Waals surface area contributed by atoms with Crippen LogP contribution >= 0.6 is 0 Å². The van der Waals surface area contributed by atoms with Gasteiger partial charge in [-0.25, -0.2) is 4.39 Å². The number of halogens is 1. The average Bonchev–Trinajstić information content (AvgIpc) is 2.48. The number of hydrogen-bond acceptors (Lipinski definition) is 1. The smallest absolute Gasteiger partial charge is 0.251 e. The molecule has 4 saturated carbocycles. The summed E-state index contributed by atoms with van der Waals surface area (Å²) in [5.41, 5.74) is 1.59. The molecule has 0 spiro atoms. The number of aryl methyl sites for hydroxylation is 1. The van der Waals surface area contributed by atoms with E-state index in [4.69, 9.17) is 0 Å². The average molecular weight is 315 g/mol. The van der Waals surface area contributed by atoms with Crippen LogP contribution in [0.2, 0.25) is 0 Å². The molecule has 0 aliphatic heterocycles. The second kappa shape index (κ2) is 5.32. The van der Waals surface area contributed by atoms with Crippen LogP contribution in [0.5, 0.6) is 0 Å². The van der Waals surface area contributed by atoms with E-state index in [9.17, 15) is 9.18 Å². The first-order valence-electron chi connectivity index (χ1n) is 9.02. The molecular weight excluding hydrogens is 289 g/mol. The number of rotatable bonds is 3. The van der Waals surface area contributed by atoms with Gasteiger partial charge in [0, 0.05) is 11.6 Å². The Morgan fingerprint density at radius 3 is 2.30 bits per heavy atom. The van der Waals surface area contributed by atoms with E-state index in [0.29, 0.717) is 5.56 Å². The van der Waals surface area contributed by atoms with Gasteiger partial charge in [0.15, 0.2) is 0 Å². The molecule has 4 aliphatic carbocycles. The molecule has 124 valence electrons. The molecule has 1 unspecified atom stereocenters. The van der Waals surface area contributed by atoms with Gasteiger partial charge in [0.25, 0.3) is 5.91 Å². The van der Waals surface area contributed by atoms with Crippen LogP contribution in [0.15, 0.2) is 18.2 Å². The van der Waals surface area contributed by atoms with Gasteiger partial charge in [-0.2, -0.15) is 0 Å². The molecule has 0 aromatic heterocycles. The summed E-state index contributed by atoms with van der Waals surface area (Å²) in [7, 11) is 0. The minimum atomic E-state index is -0.344. The van der Waals surface area contributed by atoms with Gasteiger partial charge >= 0.3 is 0 Å². The van der Waals surface area contributed by atoms with Crippen molar-refractivity contribution in [3.05, 3.63) is 35.1 Å². The van der Waals surface area contributed by atoms with Crippen molar-refractivity contribution in [1.29, 1.82) is 0 Å². The summed E-state index contributed by atoms with van der Waals surface area (Å²) in [5, 5.41) is 3.22. The monoisotopic (exact) mass is 315 g/mol.